The summed E-state index contributed by atoms with van der Waals surface area (Å²) in [6, 6.07) is 15.9. The van der Waals surface area contributed by atoms with Crippen molar-refractivity contribution >= 4 is 22.5 Å². The molecule has 0 aliphatic heterocycles. The van der Waals surface area contributed by atoms with Crippen LogP contribution < -0.4 is 4.74 Å². The predicted octanol–water partition coefficient (Wildman–Crippen LogP) is 5.54. The lowest BCUT2D eigenvalue weighted by atomic mass is 10.1. The van der Waals surface area contributed by atoms with Gasteiger partial charge < -0.3 is 14.1 Å². The van der Waals surface area contributed by atoms with E-state index in [-0.39, 0.29) is 24.4 Å². The molecule has 0 bridgehead atoms. The highest BCUT2D eigenvalue weighted by atomic mass is 19.4. The number of aromatic nitrogens is 4. The summed E-state index contributed by atoms with van der Waals surface area (Å²) in [5.74, 6) is 0.678. The highest BCUT2D eigenvalue weighted by Gasteiger charge is 2.33. The van der Waals surface area contributed by atoms with Gasteiger partial charge in [-0.15, -0.1) is 0 Å². The fraction of sp³-hybridized carbons (Fsp3) is 0.160. The quantitative estimate of drug-likeness (QED) is 0.335. The molecule has 5 aromatic rings. The Morgan fingerprint density at radius 1 is 1.06 bits per heavy atom. The lowest BCUT2D eigenvalue weighted by Gasteiger charge is -2.13. The number of nitrogens with one attached hydrogen (secondary N) is 1. The van der Waals surface area contributed by atoms with Gasteiger partial charge >= 0.3 is 6.18 Å². The fourth-order valence-electron chi connectivity index (χ4n) is 3.82. The van der Waals surface area contributed by atoms with Crippen molar-refractivity contribution in [2.24, 2.45) is 0 Å². The van der Waals surface area contributed by atoms with Gasteiger partial charge in [0.25, 0.3) is 0 Å². The minimum Gasteiger partial charge on any atom is -0.489 e. The second-order valence-corrected chi connectivity index (χ2v) is 7.93. The largest absolute Gasteiger partial charge is 0.489 e. The highest BCUT2D eigenvalue weighted by Crippen LogP contribution is 2.32. The van der Waals surface area contributed by atoms with E-state index in [2.05, 4.69) is 15.0 Å². The number of hydrogen-bond acceptors (Lipinski definition) is 4. The van der Waals surface area contributed by atoms with Crippen molar-refractivity contribution in [1.29, 1.82) is 0 Å². The van der Waals surface area contributed by atoms with Gasteiger partial charge in [0.1, 0.15) is 29.5 Å². The number of hydrogen-bond donors (Lipinski definition) is 1. The summed E-state index contributed by atoms with van der Waals surface area (Å²) in [5.41, 5.74) is 2.59. The van der Waals surface area contributed by atoms with Crippen LogP contribution >= 0.6 is 0 Å². The van der Waals surface area contributed by atoms with Crippen LogP contribution in [0.5, 0.6) is 5.75 Å². The number of alkyl halides is 3. The number of nitrogens with zero attached hydrogens (tertiary/aromatic N) is 3. The van der Waals surface area contributed by atoms with Gasteiger partial charge in [-0.25, -0.2) is 9.97 Å². The molecule has 3 aromatic heterocycles. The van der Waals surface area contributed by atoms with Crippen molar-refractivity contribution in [3.05, 3.63) is 95.2 Å². The molecule has 0 aliphatic carbocycles. The molecule has 0 amide bonds. The van der Waals surface area contributed by atoms with Crippen molar-refractivity contribution in [1.82, 2.24) is 19.4 Å². The first kappa shape index (κ1) is 21.7. The average molecular weight is 464 g/mol. The zero-order valence-electron chi connectivity index (χ0n) is 18.1. The molecule has 0 aliphatic rings. The van der Waals surface area contributed by atoms with Crippen LogP contribution in [0.15, 0.2) is 66.9 Å². The summed E-state index contributed by atoms with van der Waals surface area (Å²) in [6.45, 7) is 1.71. The number of pyridine rings is 1. The summed E-state index contributed by atoms with van der Waals surface area (Å²) >= 11 is 0. The van der Waals surface area contributed by atoms with E-state index in [0.717, 1.165) is 11.8 Å². The summed E-state index contributed by atoms with van der Waals surface area (Å²) in [7, 11) is 0. The van der Waals surface area contributed by atoms with Crippen molar-refractivity contribution in [3.63, 3.8) is 0 Å². The number of rotatable bonds is 6. The van der Waals surface area contributed by atoms with Gasteiger partial charge in [0.2, 0.25) is 0 Å². The summed E-state index contributed by atoms with van der Waals surface area (Å²) in [6.07, 6.45) is -2.71. The van der Waals surface area contributed by atoms with Crippen LogP contribution in [0, 0.1) is 6.92 Å². The van der Waals surface area contributed by atoms with E-state index in [9.17, 15) is 18.0 Å². The maximum Gasteiger partial charge on any atom is 0.416 e. The standard InChI is InChI=1S/C25H19F3N4O2/c1-15-5-4-8-24-31-21(13-32(15)24)22(33)12-23-29-19-10-9-17(11-20(19)30-23)34-14-16-6-2-3-7-18(16)25(26,27)28/h2-11,13H,12,14H2,1H3,(H,29,30). The van der Waals surface area contributed by atoms with E-state index >= 15 is 0 Å². The first-order chi connectivity index (χ1) is 16.3. The van der Waals surface area contributed by atoms with Gasteiger partial charge in [-0.3, -0.25) is 4.79 Å². The Balaban J connectivity index is 1.32. The molecule has 0 saturated heterocycles. The molecule has 34 heavy (non-hydrogen) atoms. The molecular weight excluding hydrogens is 445 g/mol. The summed E-state index contributed by atoms with van der Waals surface area (Å²) < 4.78 is 47.0. The molecule has 6 nitrogen and oxygen atoms in total. The number of aromatic amines is 1. The molecule has 0 saturated carbocycles. The molecule has 9 heteroatoms. The number of halogens is 3. The normalized spacial score (nSPS) is 11.9. The van der Waals surface area contributed by atoms with Crippen LogP contribution in [0.25, 0.3) is 16.7 Å². The van der Waals surface area contributed by atoms with E-state index in [4.69, 9.17) is 4.74 Å². The number of carbonyl (C=O) groups is 1. The number of ether oxygens (including phenoxy) is 1. The Bertz CT molecular complexity index is 1520. The van der Waals surface area contributed by atoms with Crippen LogP contribution in [-0.2, 0) is 19.2 Å². The predicted molar refractivity (Wildman–Crippen MR) is 120 cm³/mol. The van der Waals surface area contributed by atoms with Crippen LogP contribution in [0.4, 0.5) is 13.2 Å². The Morgan fingerprint density at radius 3 is 2.68 bits per heavy atom. The van der Waals surface area contributed by atoms with Crippen LogP contribution in [0.2, 0.25) is 0 Å². The molecule has 0 atom stereocenters. The third-order valence-corrected chi connectivity index (χ3v) is 5.53. The first-order valence-corrected chi connectivity index (χ1v) is 10.5. The SMILES string of the molecule is Cc1cccc2nc(C(=O)Cc3nc4ccc(OCc5ccccc5C(F)(F)F)cc4[nH]3)cn12. The zero-order chi connectivity index (χ0) is 23.9. The Morgan fingerprint density at radius 2 is 1.88 bits per heavy atom. The Kier molecular flexibility index (Phi) is 5.31. The molecule has 0 radical (unpaired) electrons. The summed E-state index contributed by atoms with van der Waals surface area (Å²) in [4.78, 5) is 24.7. The number of ketones is 1. The van der Waals surface area contributed by atoms with Crippen LogP contribution in [0.1, 0.15) is 33.1 Å². The molecule has 5 rings (SSSR count). The smallest absolute Gasteiger partial charge is 0.416 e. The summed E-state index contributed by atoms with van der Waals surface area (Å²) in [5, 5.41) is 0. The number of H-pyrrole nitrogens is 1. The lowest BCUT2D eigenvalue weighted by Crippen LogP contribution is -2.10. The van der Waals surface area contributed by atoms with Crippen LogP contribution in [0.3, 0.4) is 0 Å². The van der Waals surface area contributed by atoms with Gasteiger partial charge in [0, 0.05) is 23.5 Å². The van der Waals surface area contributed by atoms with Gasteiger partial charge in [-0.2, -0.15) is 13.2 Å². The number of Topliss-reactive ketones (excluding diaryl/α,β-unsaturated/α-hetero) is 1. The van der Waals surface area contributed by atoms with Crippen molar-refractivity contribution in [2.75, 3.05) is 0 Å². The molecule has 0 spiro atoms. The second-order valence-electron chi connectivity index (χ2n) is 7.93. The van der Waals surface area contributed by atoms with Gasteiger partial charge in [-0.1, -0.05) is 24.3 Å². The lowest BCUT2D eigenvalue weighted by molar-refractivity contribution is -0.138. The second kappa shape index (κ2) is 8.33. The topological polar surface area (TPSA) is 72.3 Å². The van der Waals surface area contributed by atoms with E-state index in [1.807, 2.05) is 29.5 Å². The Labute approximate surface area is 192 Å². The van der Waals surface area contributed by atoms with E-state index in [1.165, 1.54) is 12.1 Å². The van der Waals surface area contributed by atoms with Crippen molar-refractivity contribution in [3.8, 4) is 5.75 Å². The molecule has 0 fully saturated rings. The molecule has 172 valence electrons. The first-order valence-electron chi connectivity index (χ1n) is 10.5. The van der Waals surface area contributed by atoms with Gasteiger partial charge in [-0.05, 0) is 37.3 Å². The molecule has 0 unspecified atom stereocenters. The molecular formula is C25H19F3N4O2. The molecule has 2 aromatic carbocycles. The minimum absolute atomic E-state index is 0.0345. The minimum atomic E-state index is -4.45. The number of carbonyl (C=O) groups excluding carboxylic acids is 1. The van der Waals surface area contributed by atoms with Crippen molar-refractivity contribution < 1.29 is 22.7 Å². The van der Waals surface area contributed by atoms with Crippen LogP contribution in [-0.4, -0.2) is 25.1 Å². The maximum absolute atomic E-state index is 13.2. The average Bonchev–Trinajstić information content (AvgIpc) is 3.41. The zero-order valence-corrected chi connectivity index (χ0v) is 18.1. The monoisotopic (exact) mass is 464 g/mol. The number of imidazole rings is 2. The van der Waals surface area contributed by atoms with E-state index in [1.54, 1.807) is 30.5 Å². The van der Waals surface area contributed by atoms with Gasteiger partial charge in [0.05, 0.1) is 23.0 Å². The van der Waals surface area contributed by atoms with E-state index in [0.29, 0.717) is 33.9 Å². The number of aryl methyl sites for hydroxylation is 1. The number of benzene rings is 2. The molecule has 3 heterocycles. The number of fused-ring (bicyclic) bond motifs is 2. The van der Waals surface area contributed by atoms with E-state index < -0.39 is 11.7 Å². The van der Waals surface area contributed by atoms with Crippen molar-refractivity contribution in [2.45, 2.75) is 26.1 Å². The van der Waals surface area contributed by atoms with Gasteiger partial charge in [0.15, 0.2) is 5.78 Å². The fourth-order valence-corrected chi connectivity index (χ4v) is 3.82. The molecule has 1 N–H and O–H groups in total. The highest BCUT2D eigenvalue weighted by molar-refractivity contribution is 5.96. The third kappa shape index (κ3) is 4.24. The maximum atomic E-state index is 13.2. The Hall–Kier alpha value is -4.14. The third-order valence-electron chi connectivity index (χ3n) is 5.53.